The summed E-state index contributed by atoms with van der Waals surface area (Å²) >= 11 is 6.13. The van der Waals surface area contributed by atoms with Gasteiger partial charge in [0.15, 0.2) is 0 Å². The van der Waals surface area contributed by atoms with Crippen molar-refractivity contribution in [1.29, 1.82) is 0 Å². The highest BCUT2D eigenvalue weighted by atomic mass is 35.5. The summed E-state index contributed by atoms with van der Waals surface area (Å²) in [5, 5.41) is 10.8. The fourth-order valence-corrected chi connectivity index (χ4v) is 2.11. The number of aliphatic hydroxyl groups excluding tert-OH is 1. The van der Waals surface area contributed by atoms with E-state index in [2.05, 4.69) is 0 Å². The minimum absolute atomic E-state index is 0. The maximum absolute atomic E-state index is 10.2. The Labute approximate surface area is 115 Å². The van der Waals surface area contributed by atoms with Crippen molar-refractivity contribution in [2.24, 2.45) is 11.1 Å². The lowest BCUT2D eigenvalue weighted by Gasteiger charge is -2.32. The van der Waals surface area contributed by atoms with Crippen molar-refractivity contribution in [2.75, 3.05) is 0 Å². The van der Waals surface area contributed by atoms with Crippen LogP contribution in [0.2, 0.25) is 5.02 Å². The molecule has 0 aliphatic carbocycles. The molecular formula is C13H21Cl2NO. The molecule has 0 unspecified atom stereocenters. The number of aryl methyl sites for hydroxylation is 1. The quantitative estimate of drug-likeness (QED) is 0.870. The molecule has 0 aliphatic rings. The first-order chi connectivity index (χ1) is 7.25. The second-order valence-electron chi connectivity index (χ2n) is 5.31. The maximum atomic E-state index is 10.2. The summed E-state index contributed by atoms with van der Waals surface area (Å²) in [7, 11) is 0. The van der Waals surface area contributed by atoms with Crippen molar-refractivity contribution in [3.63, 3.8) is 0 Å². The Morgan fingerprint density at radius 2 is 1.82 bits per heavy atom. The zero-order chi connectivity index (χ0) is 12.5. The fraction of sp³-hybridized carbons (Fsp3) is 0.538. The molecular weight excluding hydrogens is 257 g/mol. The van der Waals surface area contributed by atoms with Gasteiger partial charge in [0, 0.05) is 5.02 Å². The lowest BCUT2D eigenvalue weighted by Crippen LogP contribution is -2.37. The van der Waals surface area contributed by atoms with Gasteiger partial charge in [-0.3, -0.25) is 0 Å². The lowest BCUT2D eigenvalue weighted by atomic mass is 9.81. The second-order valence-corrected chi connectivity index (χ2v) is 5.71. The first kappa shape index (κ1) is 16.7. The standard InChI is InChI=1S/C13H20ClNO.ClH/c1-8-6-5-7-9(14)10(8)11(15)12(16)13(2,3)4;/h5-7,11-12,16H,15H2,1-4H3;1H/t11-,12-;/m0./s1. The summed E-state index contributed by atoms with van der Waals surface area (Å²) in [6, 6.07) is 5.20. The largest absolute Gasteiger partial charge is 0.391 e. The predicted octanol–water partition coefficient (Wildman–Crippen LogP) is 3.48. The van der Waals surface area contributed by atoms with E-state index in [1.165, 1.54) is 0 Å². The van der Waals surface area contributed by atoms with Crippen LogP contribution in [0.5, 0.6) is 0 Å². The Morgan fingerprint density at radius 1 is 1.29 bits per heavy atom. The van der Waals surface area contributed by atoms with Gasteiger partial charge in [0.1, 0.15) is 0 Å². The van der Waals surface area contributed by atoms with E-state index in [9.17, 15) is 5.11 Å². The van der Waals surface area contributed by atoms with E-state index >= 15 is 0 Å². The van der Waals surface area contributed by atoms with Crippen molar-refractivity contribution in [3.05, 3.63) is 34.3 Å². The SMILES string of the molecule is Cc1cccc(Cl)c1[C@H](N)[C@H](O)C(C)(C)C.Cl. The van der Waals surface area contributed by atoms with Crippen LogP contribution in [0.25, 0.3) is 0 Å². The van der Waals surface area contributed by atoms with E-state index in [1.54, 1.807) is 6.07 Å². The van der Waals surface area contributed by atoms with Crippen LogP contribution in [0.4, 0.5) is 0 Å². The van der Waals surface area contributed by atoms with Crippen LogP contribution in [0.15, 0.2) is 18.2 Å². The molecule has 0 spiro atoms. The molecule has 98 valence electrons. The van der Waals surface area contributed by atoms with E-state index in [0.29, 0.717) is 5.02 Å². The molecule has 4 heteroatoms. The zero-order valence-corrected chi connectivity index (χ0v) is 12.3. The van der Waals surface area contributed by atoms with Crippen molar-refractivity contribution >= 4 is 24.0 Å². The van der Waals surface area contributed by atoms with Crippen LogP contribution in [-0.2, 0) is 0 Å². The zero-order valence-electron chi connectivity index (χ0n) is 10.7. The van der Waals surface area contributed by atoms with Crippen molar-refractivity contribution in [2.45, 2.75) is 39.8 Å². The van der Waals surface area contributed by atoms with Gasteiger partial charge >= 0.3 is 0 Å². The topological polar surface area (TPSA) is 46.2 Å². The molecule has 0 radical (unpaired) electrons. The summed E-state index contributed by atoms with van der Waals surface area (Å²) in [6.45, 7) is 7.84. The van der Waals surface area contributed by atoms with Gasteiger partial charge in [-0.05, 0) is 29.5 Å². The first-order valence-electron chi connectivity index (χ1n) is 5.44. The molecule has 0 amide bonds. The number of nitrogens with two attached hydrogens (primary N) is 1. The summed E-state index contributed by atoms with van der Waals surface area (Å²) in [4.78, 5) is 0. The summed E-state index contributed by atoms with van der Waals surface area (Å²) in [5.74, 6) is 0. The Hall–Kier alpha value is -0.280. The molecule has 0 saturated heterocycles. The molecule has 0 aliphatic heterocycles. The highest BCUT2D eigenvalue weighted by molar-refractivity contribution is 6.31. The van der Waals surface area contributed by atoms with Crippen LogP contribution in [-0.4, -0.2) is 11.2 Å². The number of rotatable bonds is 2. The third-order valence-corrected chi connectivity index (χ3v) is 3.16. The molecule has 0 aromatic heterocycles. The Bertz CT molecular complexity index is 354. The first-order valence-corrected chi connectivity index (χ1v) is 5.81. The van der Waals surface area contributed by atoms with Gasteiger partial charge in [-0.1, -0.05) is 44.5 Å². The Kier molecular flexibility index (Phi) is 5.95. The van der Waals surface area contributed by atoms with Gasteiger partial charge in [0.25, 0.3) is 0 Å². The summed E-state index contributed by atoms with van der Waals surface area (Å²) < 4.78 is 0. The van der Waals surface area contributed by atoms with Gasteiger partial charge < -0.3 is 10.8 Å². The van der Waals surface area contributed by atoms with Crippen LogP contribution < -0.4 is 5.73 Å². The molecule has 2 nitrogen and oxygen atoms in total. The van der Waals surface area contributed by atoms with Gasteiger partial charge in [-0.15, -0.1) is 12.4 Å². The minimum atomic E-state index is -0.619. The van der Waals surface area contributed by atoms with Crippen molar-refractivity contribution in [3.8, 4) is 0 Å². The molecule has 0 heterocycles. The number of hydrogen-bond acceptors (Lipinski definition) is 2. The smallest absolute Gasteiger partial charge is 0.0781 e. The molecule has 0 fully saturated rings. The summed E-state index contributed by atoms with van der Waals surface area (Å²) in [5.41, 5.74) is 7.69. The second kappa shape index (κ2) is 6.05. The molecule has 0 bridgehead atoms. The van der Waals surface area contributed by atoms with Crippen LogP contribution in [0.3, 0.4) is 0 Å². The number of hydrogen-bond donors (Lipinski definition) is 2. The molecule has 1 aromatic rings. The van der Waals surface area contributed by atoms with E-state index < -0.39 is 12.1 Å². The molecule has 1 aromatic carbocycles. The van der Waals surface area contributed by atoms with E-state index in [4.69, 9.17) is 17.3 Å². The Morgan fingerprint density at radius 3 is 2.24 bits per heavy atom. The predicted molar refractivity (Wildman–Crippen MR) is 75.8 cm³/mol. The number of halogens is 2. The lowest BCUT2D eigenvalue weighted by molar-refractivity contribution is 0.0399. The summed E-state index contributed by atoms with van der Waals surface area (Å²) in [6.07, 6.45) is -0.619. The van der Waals surface area contributed by atoms with E-state index in [-0.39, 0.29) is 17.8 Å². The van der Waals surface area contributed by atoms with Gasteiger partial charge in [-0.2, -0.15) is 0 Å². The van der Waals surface area contributed by atoms with Gasteiger partial charge in [0.05, 0.1) is 12.1 Å². The van der Waals surface area contributed by atoms with Crippen molar-refractivity contribution < 1.29 is 5.11 Å². The van der Waals surface area contributed by atoms with Gasteiger partial charge in [-0.25, -0.2) is 0 Å². The average molecular weight is 278 g/mol. The van der Waals surface area contributed by atoms with Crippen molar-refractivity contribution in [1.82, 2.24) is 0 Å². The van der Waals surface area contributed by atoms with Crippen LogP contribution in [0.1, 0.15) is 37.9 Å². The third kappa shape index (κ3) is 3.85. The normalized spacial score (nSPS) is 15.0. The van der Waals surface area contributed by atoms with Crippen LogP contribution >= 0.6 is 24.0 Å². The molecule has 3 N–H and O–H groups in total. The van der Waals surface area contributed by atoms with E-state index in [1.807, 2.05) is 39.8 Å². The highest BCUT2D eigenvalue weighted by Crippen LogP contribution is 2.33. The molecule has 2 atom stereocenters. The fourth-order valence-electron chi connectivity index (χ4n) is 1.76. The van der Waals surface area contributed by atoms with Crippen LogP contribution in [0, 0.1) is 12.3 Å². The monoisotopic (exact) mass is 277 g/mol. The number of benzene rings is 1. The molecule has 17 heavy (non-hydrogen) atoms. The Balaban J connectivity index is 0.00000256. The third-order valence-electron chi connectivity index (χ3n) is 2.83. The molecule has 0 saturated carbocycles. The molecule has 1 rings (SSSR count). The van der Waals surface area contributed by atoms with E-state index in [0.717, 1.165) is 11.1 Å². The maximum Gasteiger partial charge on any atom is 0.0781 e. The average Bonchev–Trinajstić information content (AvgIpc) is 2.14. The van der Waals surface area contributed by atoms with Gasteiger partial charge in [0.2, 0.25) is 0 Å². The minimum Gasteiger partial charge on any atom is -0.391 e. The highest BCUT2D eigenvalue weighted by Gasteiger charge is 2.30. The number of aliphatic hydroxyl groups is 1.